The number of rotatable bonds is 4. The van der Waals surface area contributed by atoms with Crippen molar-refractivity contribution in [3.05, 3.63) is 64.8 Å². The van der Waals surface area contributed by atoms with Crippen LogP contribution in [-0.4, -0.2) is 0 Å². The number of fused-ring (bicyclic) bond motifs is 1. The molecule has 166 valence electrons. The molecule has 4 bridgehead atoms. The molecule has 7 rings (SSSR count). The van der Waals surface area contributed by atoms with Gasteiger partial charge in [-0.2, -0.15) is 0 Å². The number of benzene rings is 2. The average Bonchev–Trinajstić information content (AvgIpc) is 2.78. The van der Waals surface area contributed by atoms with Gasteiger partial charge in [0.2, 0.25) is 5.69 Å². The lowest BCUT2D eigenvalue weighted by atomic mass is 9.48. The Morgan fingerprint density at radius 3 is 2.19 bits per heavy atom. The summed E-state index contributed by atoms with van der Waals surface area (Å²) in [4.78, 5) is 0. The van der Waals surface area contributed by atoms with Gasteiger partial charge in [-0.3, -0.25) is 0 Å². The summed E-state index contributed by atoms with van der Waals surface area (Å²) in [6.45, 7) is 6.87. The molecule has 4 aliphatic carbocycles. The van der Waals surface area contributed by atoms with Crippen molar-refractivity contribution < 1.29 is 4.57 Å². The second-order valence-electron chi connectivity index (χ2n) is 11.4. The Kier molecular flexibility index (Phi) is 4.75. The second-order valence-corrected chi connectivity index (χ2v) is 11.4. The summed E-state index contributed by atoms with van der Waals surface area (Å²) in [6.07, 6.45) is 13.3. The first-order chi connectivity index (χ1) is 15.5. The molecule has 0 aliphatic heterocycles. The summed E-state index contributed by atoms with van der Waals surface area (Å²) >= 11 is 0. The Morgan fingerprint density at radius 2 is 1.56 bits per heavy atom. The third-order valence-corrected chi connectivity index (χ3v) is 9.41. The van der Waals surface area contributed by atoms with E-state index in [0.29, 0.717) is 5.41 Å². The summed E-state index contributed by atoms with van der Waals surface area (Å²) in [5.74, 6) is 2.98. The zero-order valence-electron chi connectivity index (χ0n) is 20.4. The molecular formula is C31H38N+. The highest BCUT2D eigenvalue weighted by Crippen LogP contribution is 2.60. The maximum Gasteiger partial charge on any atom is 0.220 e. The summed E-state index contributed by atoms with van der Waals surface area (Å²) in [5, 5.41) is 2.83. The van der Waals surface area contributed by atoms with E-state index in [9.17, 15) is 0 Å². The first-order valence-corrected chi connectivity index (χ1v) is 13.0. The SMILES string of the molecule is CCc1cc(CC)c(C)c(-c2c3ccc(C45CC6CC(CC(C6)C4)C5)cc3cc[n+]2C)c1. The van der Waals surface area contributed by atoms with Crippen molar-refractivity contribution in [2.24, 2.45) is 24.8 Å². The molecule has 0 amide bonds. The van der Waals surface area contributed by atoms with Gasteiger partial charge in [0.15, 0.2) is 6.20 Å². The lowest BCUT2D eigenvalue weighted by Crippen LogP contribution is -2.48. The van der Waals surface area contributed by atoms with Crippen LogP contribution < -0.4 is 4.57 Å². The van der Waals surface area contributed by atoms with Gasteiger partial charge in [0.25, 0.3) is 0 Å². The number of aromatic nitrogens is 1. The van der Waals surface area contributed by atoms with Gasteiger partial charge in [0.1, 0.15) is 7.05 Å². The standard InChI is InChI=1S/C31H38N/c1-5-21-14-25(6-2)20(3)29(15-21)30-28-8-7-27(16-26(28)9-10-32(30)4)31-17-22-11-23(18-31)13-24(12-22)19-31/h7-10,14-16,22-24H,5-6,11-13,17-19H2,1-4H3/q+1. The zero-order chi connectivity index (χ0) is 22.0. The van der Waals surface area contributed by atoms with E-state index in [-0.39, 0.29) is 0 Å². The molecule has 2 aromatic carbocycles. The quantitative estimate of drug-likeness (QED) is 0.389. The minimum absolute atomic E-state index is 0.467. The molecule has 4 saturated carbocycles. The van der Waals surface area contributed by atoms with Crippen LogP contribution in [0.3, 0.4) is 0 Å². The number of nitrogens with zero attached hydrogens (tertiary/aromatic N) is 1. The van der Waals surface area contributed by atoms with Crippen LogP contribution in [0.1, 0.15) is 74.6 Å². The van der Waals surface area contributed by atoms with E-state index >= 15 is 0 Å². The van der Waals surface area contributed by atoms with Crippen LogP contribution in [0.15, 0.2) is 42.6 Å². The van der Waals surface area contributed by atoms with E-state index in [0.717, 1.165) is 30.6 Å². The van der Waals surface area contributed by atoms with Crippen LogP contribution in [0.2, 0.25) is 0 Å². The van der Waals surface area contributed by atoms with Gasteiger partial charge in [-0.1, -0.05) is 32.0 Å². The number of hydrogen-bond donors (Lipinski definition) is 0. The molecule has 0 N–H and O–H groups in total. The second kappa shape index (κ2) is 7.44. The monoisotopic (exact) mass is 424 g/mol. The minimum atomic E-state index is 0.467. The van der Waals surface area contributed by atoms with Crippen LogP contribution in [0.5, 0.6) is 0 Å². The first-order valence-electron chi connectivity index (χ1n) is 13.0. The van der Waals surface area contributed by atoms with Crippen molar-refractivity contribution in [1.29, 1.82) is 0 Å². The van der Waals surface area contributed by atoms with Crippen molar-refractivity contribution in [3.63, 3.8) is 0 Å². The van der Waals surface area contributed by atoms with Crippen LogP contribution >= 0.6 is 0 Å². The molecule has 1 aromatic heterocycles. The first kappa shape index (κ1) is 20.5. The van der Waals surface area contributed by atoms with Crippen molar-refractivity contribution in [1.82, 2.24) is 0 Å². The van der Waals surface area contributed by atoms with Crippen LogP contribution in [-0.2, 0) is 25.3 Å². The summed E-state index contributed by atoms with van der Waals surface area (Å²) < 4.78 is 2.34. The molecule has 0 radical (unpaired) electrons. The van der Waals surface area contributed by atoms with E-state index in [1.165, 1.54) is 77.2 Å². The topological polar surface area (TPSA) is 3.88 Å². The van der Waals surface area contributed by atoms with Crippen LogP contribution in [0, 0.1) is 24.7 Å². The van der Waals surface area contributed by atoms with E-state index in [1.807, 2.05) is 0 Å². The normalized spacial score (nSPS) is 28.6. The molecule has 4 fully saturated rings. The molecular weight excluding hydrogens is 386 g/mol. The predicted octanol–water partition coefficient (Wildman–Crippen LogP) is 7.23. The predicted molar refractivity (Wildman–Crippen MR) is 134 cm³/mol. The molecule has 1 nitrogen and oxygen atoms in total. The Hall–Kier alpha value is -2.15. The minimum Gasteiger partial charge on any atom is -0.200 e. The molecule has 0 atom stereocenters. The highest BCUT2D eigenvalue weighted by molar-refractivity contribution is 5.94. The Labute approximate surface area is 193 Å². The zero-order valence-corrected chi connectivity index (χ0v) is 20.4. The lowest BCUT2D eigenvalue weighted by molar-refractivity contribution is -0.659. The van der Waals surface area contributed by atoms with Crippen molar-refractivity contribution in [2.75, 3.05) is 0 Å². The summed E-state index contributed by atoms with van der Waals surface area (Å²) in [5.41, 5.74) is 9.27. The average molecular weight is 425 g/mol. The van der Waals surface area contributed by atoms with Gasteiger partial charge in [0.05, 0.1) is 10.9 Å². The molecule has 0 spiro atoms. The lowest BCUT2D eigenvalue weighted by Gasteiger charge is -2.57. The molecule has 1 heteroatoms. The maximum atomic E-state index is 2.58. The van der Waals surface area contributed by atoms with E-state index in [4.69, 9.17) is 0 Å². The van der Waals surface area contributed by atoms with Crippen molar-refractivity contribution in [3.8, 4) is 11.3 Å². The fraction of sp³-hybridized carbons (Fsp3) is 0.516. The summed E-state index contributed by atoms with van der Waals surface area (Å²) in [7, 11) is 2.21. The summed E-state index contributed by atoms with van der Waals surface area (Å²) in [6, 6.07) is 14.8. The van der Waals surface area contributed by atoms with Gasteiger partial charge in [-0.15, -0.1) is 0 Å². The maximum absolute atomic E-state index is 2.58. The van der Waals surface area contributed by atoms with Crippen molar-refractivity contribution in [2.45, 2.75) is 77.6 Å². The number of hydrogen-bond acceptors (Lipinski definition) is 0. The Morgan fingerprint density at radius 1 is 0.875 bits per heavy atom. The fourth-order valence-electron chi connectivity index (χ4n) is 8.16. The molecule has 32 heavy (non-hydrogen) atoms. The van der Waals surface area contributed by atoms with Gasteiger partial charge < -0.3 is 0 Å². The van der Waals surface area contributed by atoms with E-state index in [2.05, 4.69) is 75.0 Å². The van der Waals surface area contributed by atoms with Gasteiger partial charge in [-0.25, -0.2) is 4.57 Å². The molecule has 3 aromatic rings. The molecule has 0 saturated heterocycles. The van der Waals surface area contributed by atoms with Crippen LogP contribution in [0.25, 0.3) is 22.0 Å². The fourth-order valence-corrected chi connectivity index (χ4v) is 8.16. The molecule has 1 heterocycles. The van der Waals surface area contributed by atoms with Crippen molar-refractivity contribution >= 4 is 10.8 Å². The Balaban J connectivity index is 1.50. The van der Waals surface area contributed by atoms with E-state index < -0.39 is 0 Å². The van der Waals surface area contributed by atoms with Crippen LogP contribution in [0.4, 0.5) is 0 Å². The largest absolute Gasteiger partial charge is 0.220 e. The smallest absolute Gasteiger partial charge is 0.200 e. The highest BCUT2D eigenvalue weighted by atomic mass is 14.9. The Bertz CT molecular complexity index is 1170. The third kappa shape index (κ3) is 3.07. The molecule has 4 aliphatic rings. The van der Waals surface area contributed by atoms with Gasteiger partial charge in [0, 0.05) is 6.07 Å². The highest BCUT2D eigenvalue weighted by Gasteiger charge is 2.51. The van der Waals surface area contributed by atoms with Gasteiger partial charge in [-0.05, 0) is 121 Å². The third-order valence-electron chi connectivity index (χ3n) is 9.41. The molecule has 0 unspecified atom stereocenters. The van der Waals surface area contributed by atoms with E-state index in [1.54, 1.807) is 5.56 Å². The number of aryl methyl sites for hydroxylation is 3. The van der Waals surface area contributed by atoms with Gasteiger partial charge >= 0.3 is 0 Å². The number of pyridine rings is 1.